The van der Waals surface area contributed by atoms with Crippen LogP contribution in [0.2, 0.25) is 0 Å². The summed E-state index contributed by atoms with van der Waals surface area (Å²) in [6, 6.07) is 1.20. The van der Waals surface area contributed by atoms with Crippen molar-refractivity contribution in [1.82, 2.24) is 0 Å². The zero-order valence-electron chi connectivity index (χ0n) is 8.07. The van der Waals surface area contributed by atoms with Crippen molar-refractivity contribution in [3.63, 3.8) is 0 Å². The van der Waals surface area contributed by atoms with Crippen LogP contribution in [0.3, 0.4) is 0 Å². The molecule has 0 spiro atoms. The minimum absolute atomic E-state index is 0.0878. The Bertz CT molecular complexity index is 336. The van der Waals surface area contributed by atoms with Gasteiger partial charge in [-0.25, -0.2) is 0 Å². The minimum atomic E-state index is -4.70. The predicted molar refractivity (Wildman–Crippen MR) is 43.8 cm³/mol. The zero-order valence-corrected chi connectivity index (χ0v) is 8.07. The number of aryl methyl sites for hydroxylation is 2. The molecular weight excluding hydrogens is 197 g/mol. The smallest absolute Gasteiger partial charge is 0.421 e. The molecule has 80 valence electrons. The van der Waals surface area contributed by atoms with E-state index >= 15 is 0 Å². The first kappa shape index (κ1) is 11.1. The van der Waals surface area contributed by atoms with Crippen LogP contribution in [0.4, 0.5) is 13.2 Å². The van der Waals surface area contributed by atoms with Gasteiger partial charge in [0.05, 0.1) is 0 Å². The van der Waals surface area contributed by atoms with Gasteiger partial charge in [0, 0.05) is 5.56 Å². The molecule has 1 unspecified atom stereocenters. The highest BCUT2D eigenvalue weighted by molar-refractivity contribution is 5.27. The molecule has 0 aliphatic heterocycles. The van der Waals surface area contributed by atoms with E-state index in [2.05, 4.69) is 0 Å². The average Bonchev–Trinajstić information content (AvgIpc) is 2.27. The Hall–Kier alpha value is -0.970. The second-order valence-electron chi connectivity index (χ2n) is 3.40. The van der Waals surface area contributed by atoms with Crippen LogP contribution in [0.25, 0.3) is 0 Å². The van der Waals surface area contributed by atoms with Crippen molar-refractivity contribution in [3.8, 4) is 0 Å². The maximum absolute atomic E-state index is 12.4. The van der Waals surface area contributed by atoms with Crippen LogP contribution in [0.5, 0.6) is 0 Å². The Balaban J connectivity index is 3.22. The molecule has 0 radical (unpaired) electrons. The summed E-state index contributed by atoms with van der Waals surface area (Å²) in [4.78, 5) is 0. The highest BCUT2D eigenvalue weighted by Crippen LogP contribution is 2.40. The van der Waals surface area contributed by atoms with E-state index in [1.165, 1.54) is 19.9 Å². The lowest BCUT2D eigenvalue weighted by atomic mass is 9.96. The Morgan fingerprint density at radius 1 is 1.29 bits per heavy atom. The Kier molecular flexibility index (Phi) is 2.39. The zero-order chi connectivity index (χ0) is 11.1. The lowest BCUT2D eigenvalue weighted by Gasteiger charge is -2.25. The molecular formula is C9H11F3O2. The summed E-state index contributed by atoms with van der Waals surface area (Å²) in [5.74, 6) is 0.437. The molecule has 0 aliphatic carbocycles. The van der Waals surface area contributed by atoms with Crippen LogP contribution in [-0.2, 0) is 5.60 Å². The van der Waals surface area contributed by atoms with Gasteiger partial charge in [-0.2, -0.15) is 13.2 Å². The molecule has 0 fully saturated rings. The summed E-state index contributed by atoms with van der Waals surface area (Å²) in [6.07, 6.45) is -4.70. The fourth-order valence-corrected chi connectivity index (χ4v) is 1.27. The van der Waals surface area contributed by atoms with Gasteiger partial charge in [-0.05, 0) is 26.8 Å². The molecule has 1 atom stereocenters. The topological polar surface area (TPSA) is 33.4 Å². The summed E-state index contributed by atoms with van der Waals surface area (Å²) in [6.45, 7) is 3.63. The summed E-state index contributed by atoms with van der Waals surface area (Å²) in [7, 11) is 0. The van der Waals surface area contributed by atoms with Crippen molar-refractivity contribution >= 4 is 0 Å². The van der Waals surface area contributed by atoms with Gasteiger partial charge >= 0.3 is 6.18 Å². The van der Waals surface area contributed by atoms with Crippen molar-refractivity contribution < 1.29 is 22.7 Å². The molecule has 1 aromatic rings. The lowest BCUT2D eigenvalue weighted by Crippen LogP contribution is -2.39. The van der Waals surface area contributed by atoms with Gasteiger partial charge in [0.15, 0.2) is 5.60 Å². The standard InChI is InChI=1S/C9H11F3O2/c1-5-4-7(6(2)14-5)8(3,13)9(10,11)12/h4,13H,1-3H3. The molecule has 1 N–H and O–H groups in total. The van der Waals surface area contributed by atoms with Crippen molar-refractivity contribution in [1.29, 1.82) is 0 Å². The number of hydrogen-bond acceptors (Lipinski definition) is 2. The third kappa shape index (κ3) is 1.64. The predicted octanol–water partition coefficient (Wildman–Crippen LogP) is 2.67. The molecule has 0 saturated carbocycles. The van der Waals surface area contributed by atoms with Gasteiger partial charge in [-0.3, -0.25) is 0 Å². The van der Waals surface area contributed by atoms with Crippen LogP contribution in [0, 0.1) is 13.8 Å². The van der Waals surface area contributed by atoms with E-state index in [-0.39, 0.29) is 11.3 Å². The van der Waals surface area contributed by atoms with Gasteiger partial charge in [-0.1, -0.05) is 0 Å². The fraction of sp³-hybridized carbons (Fsp3) is 0.556. The highest BCUT2D eigenvalue weighted by atomic mass is 19.4. The second kappa shape index (κ2) is 3.02. The Morgan fingerprint density at radius 2 is 1.79 bits per heavy atom. The van der Waals surface area contributed by atoms with E-state index < -0.39 is 11.8 Å². The average molecular weight is 208 g/mol. The number of halogens is 3. The van der Waals surface area contributed by atoms with E-state index in [9.17, 15) is 18.3 Å². The van der Waals surface area contributed by atoms with Crippen LogP contribution in [0.15, 0.2) is 10.5 Å². The van der Waals surface area contributed by atoms with Crippen molar-refractivity contribution in [2.75, 3.05) is 0 Å². The molecule has 1 aromatic heterocycles. The largest absolute Gasteiger partial charge is 0.466 e. The van der Waals surface area contributed by atoms with Crippen molar-refractivity contribution in [3.05, 3.63) is 23.2 Å². The molecule has 0 bridgehead atoms. The maximum atomic E-state index is 12.4. The maximum Gasteiger partial charge on any atom is 0.421 e. The molecule has 0 aliphatic rings. The normalized spacial score (nSPS) is 16.8. The Morgan fingerprint density at radius 3 is 2.07 bits per heavy atom. The first-order chi connectivity index (χ1) is 6.16. The first-order valence-electron chi connectivity index (χ1n) is 4.03. The van der Waals surface area contributed by atoms with E-state index in [4.69, 9.17) is 4.42 Å². The monoisotopic (exact) mass is 208 g/mol. The quantitative estimate of drug-likeness (QED) is 0.769. The number of furan rings is 1. The van der Waals surface area contributed by atoms with E-state index in [1.54, 1.807) is 0 Å². The van der Waals surface area contributed by atoms with Crippen molar-refractivity contribution in [2.45, 2.75) is 32.5 Å². The molecule has 0 aromatic carbocycles. The molecule has 1 heterocycles. The van der Waals surface area contributed by atoms with E-state index in [1.807, 2.05) is 0 Å². The van der Waals surface area contributed by atoms with Gasteiger partial charge < -0.3 is 9.52 Å². The lowest BCUT2D eigenvalue weighted by molar-refractivity contribution is -0.259. The van der Waals surface area contributed by atoms with E-state index in [0.717, 1.165) is 0 Å². The number of aliphatic hydroxyl groups is 1. The Labute approximate surface area is 79.3 Å². The van der Waals surface area contributed by atoms with Crippen LogP contribution in [0.1, 0.15) is 24.0 Å². The summed E-state index contributed by atoms with van der Waals surface area (Å²) in [5, 5.41) is 9.33. The third-order valence-electron chi connectivity index (χ3n) is 2.12. The summed E-state index contributed by atoms with van der Waals surface area (Å²) in [5.41, 5.74) is -3.09. The first-order valence-corrected chi connectivity index (χ1v) is 4.03. The SMILES string of the molecule is Cc1cc(C(C)(O)C(F)(F)F)c(C)o1. The number of rotatable bonds is 1. The summed E-state index contributed by atoms with van der Waals surface area (Å²) >= 11 is 0. The minimum Gasteiger partial charge on any atom is -0.466 e. The molecule has 1 rings (SSSR count). The summed E-state index contributed by atoms with van der Waals surface area (Å²) < 4.78 is 42.2. The van der Waals surface area contributed by atoms with E-state index in [0.29, 0.717) is 12.7 Å². The van der Waals surface area contributed by atoms with Crippen LogP contribution < -0.4 is 0 Å². The van der Waals surface area contributed by atoms with Crippen molar-refractivity contribution in [2.24, 2.45) is 0 Å². The molecule has 5 heteroatoms. The highest BCUT2D eigenvalue weighted by Gasteiger charge is 2.52. The van der Waals surface area contributed by atoms with Gasteiger partial charge in [-0.15, -0.1) is 0 Å². The third-order valence-corrected chi connectivity index (χ3v) is 2.12. The number of alkyl halides is 3. The number of hydrogen-bond donors (Lipinski definition) is 1. The molecule has 0 amide bonds. The molecule has 2 nitrogen and oxygen atoms in total. The molecule has 0 saturated heterocycles. The molecule has 14 heavy (non-hydrogen) atoms. The van der Waals surface area contributed by atoms with Gasteiger partial charge in [0.2, 0.25) is 0 Å². The van der Waals surface area contributed by atoms with Crippen LogP contribution in [-0.4, -0.2) is 11.3 Å². The van der Waals surface area contributed by atoms with Gasteiger partial charge in [0.25, 0.3) is 0 Å². The van der Waals surface area contributed by atoms with Gasteiger partial charge in [0.1, 0.15) is 11.5 Å². The fourth-order valence-electron chi connectivity index (χ4n) is 1.27. The van der Waals surface area contributed by atoms with Crippen LogP contribution >= 0.6 is 0 Å². The second-order valence-corrected chi connectivity index (χ2v) is 3.40.